The minimum absolute atomic E-state index is 0.744. The third-order valence-corrected chi connectivity index (χ3v) is 3.53. The van der Waals surface area contributed by atoms with Crippen LogP contribution in [0.5, 0.6) is 0 Å². The van der Waals surface area contributed by atoms with Gasteiger partial charge in [0.1, 0.15) is 6.33 Å². The summed E-state index contributed by atoms with van der Waals surface area (Å²) in [6, 6.07) is 4.13. The summed E-state index contributed by atoms with van der Waals surface area (Å²) < 4.78 is 1.43. The number of thioether (sulfide) groups is 1. The van der Waals surface area contributed by atoms with Gasteiger partial charge in [0.25, 0.3) is 0 Å². The molecule has 0 saturated heterocycles. The predicted molar refractivity (Wildman–Crippen MR) is 54.1 cm³/mol. The van der Waals surface area contributed by atoms with E-state index in [1.165, 1.54) is 15.9 Å². The maximum atomic E-state index is 5.55. The fourth-order valence-corrected chi connectivity index (χ4v) is 2.47. The molecular formula is C7H8N4S2. The van der Waals surface area contributed by atoms with Gasteiger partial charge in [0.05, 0.1) is 0 Å². The summed E-state index contributed by atoms with van der Waals surface area (Å²) in [7, 11) is 0. The van der Waals surface area contributed by atoms with Crippen molar-refractivity contribution in [3.05, 3.63) is 28.7 Å². The lowest BCUT2D eigenvalue weighted by Gasteiger charge is -1.96. The Morgan fingerprint density at radius 3 is 3.15 bits per heavy atom. The third-order valence-electron chi connectivity index (χ3n) is 1.46. The Hall–Kier alpha value is -1.01. The van der Waals surface area contributed by atoms with Crippen molar-refractivity contribution in [3.63, 3.8) is 0 Å². The molecule has 68 valence electrons. The smallest absolute Gasteiger partial charge is 0.209 e. The van der Waals surface area contributed by atoms with Crippen LogP contribution >= 0.6 is 23.1 Å². The molecule has 0 aliphatic carbocycles. The first-order valence-corrected chi connectivity index (χ1v) is 5.53. The van der Waals surface area contributed by atoms with Crippen LogP contribution in [0.4, 0.5) is 0 Å². The topological polar surface area (TPSA) is 56.7 Å². The van der Waals surface area contributed by atoms with Gasteiger partial charge >= 0.3 is 0 Å². The van der Waals surface area contributed by atoms with Crippen LogP contribution in [0.1, 0.15) is 4.88 Å². The van der Waals surface area contributed by atoms with Crippen molar-refractivity contribution >= 4 is 23.1 Å². The lowest BCUT2D eigenvalue weighted by atomic mass is 10.5. The second-order valence-corrected chi connectivity index (χ2v) is 4.36. The number of nitrogen functional groups attached to an aromatic ring is 1. The molecule has 0 aromatic carbocycles. The maximum absolute atomic E-state index is 5.55. The van der Waals surface area contributed by atoms with Gasteiger partial charge < -0.3 is 5.84 Å². The van der Waals surface area contributed by atoms with E-state index < -0.39 is 0 Å². The average molecular weight is 212 g/mol. The highest BCUT2D eigenvalue weighted by atomic mass is 32.2. The van der Waals surface area contributed by atoms with Crippen LogP contribution in [0.25, 0.3) is 0 Å². The molecule has 0 spiro atoms. The van der Waals surface area contributed by atoms with E-state index in [4.69, 9.17) is 5.84 Å². The zero-order chi connectivity index (χ0) is 9.10. The molecule has 0 amide bonds. The molecule has 4 nitrogen and oxygen atoms in total. The minimum atomic E-state index is 0.744. The highest BCUT2D eigenvalue weighted by Crippen LogP contribution is 2.21. The van der Waals surface area contributed by atoms with E-state index in [-0.39, 0.29) is 0 Å². The molecule has 0 unspecified atom stereocenters. The molecule has 0 saturated carbocycles. The van der Waals surface area contributed by atoms with Crippen LogP contribution in [0.15, 0.2) is 29.0 Å². The van der Waals surface area contributed by atoms with E-state index in [1.807, 2.05) is 6.07 Å². The van der Waals surface area contributed by atoms with Gasteiger partial charge in [0, 0.05) is 10.6 Å². The zero-order valence-electron chi connectivity index (χ0n) is 6.75. The van der Waals surface area contributed by atoms with Gasteiger partial charge in [-0.05, 0) is 11.4 Å². The Bertz CT molecular complexity index is 368. The van der Waals surface area contributed by atoms with Gasteiger partial charge in [-0.3, -0.25) is 0 Å². The summed E-state index contributed by atoms with van der Waals surface area (Å²) in [5, 5.41) is 10.4. The molecule has 0 aliphatic rings. The first-order chi connectivity index (χ1) is 6.36. The largest absolute Gasteiger partial charge is 0.336 e. The second kappa shape index (κ2) is 3.80. The first-order valence-electron chi connectivity index (χ1n) is 3.66. The molecule has 2 rings (SSSR count). The van der Waals surface area contributed by atoms with Crippen molar-refractivity contribution in [1.29, 1.82) is 0 Å². The average Bonchev–Trinajstić information content (AvgIpc) is 2.72. The van der Waals surface area contributed by atoms with Gasteiger partial charge in [0.15, 0.2) is 0 Å². The Morgan fingerprint density at radius 1 is 1.62 bits per heavy atom. The molecule has 2 aromatic heterocycles. The Balaban J connectivity index is 1.97. The van der Waals surface area contributed by atoms with Gasteiger partial charge in [-0.1, -0.05) is 17.8 Å². The lowest BCUT2D eigenvalue weighted by molar-refractivity contribution is 0.846. The third kappa shape index (κ3) is 2.02. The summed E-state index contributed by atoms with van der Waals surface area (Å²) in [6.45, 7) is 0. The highest BCUT2D eigenvalue weighted by molar-refractivity contribution is 7.98. The molecule has 13 heavy (non-hydrogen) atoms. The van der Waals surface area contributed by atoms with Crippen molar-refractivity contribution in [2.75, 3.05) is 5.84 Å². The SMILES string of the molecule is Nn1cnnc1SCc1cccs1. The normalized spacial score (nSPS) is 10.5. The first kappa shape index (κ1) is 8.58. The molecule has 0 fully saturated rings. The van der Waals surface area contributed by atoms with Crippen LogP contribution in [-0.2, 0) is 5.75 Å². The monoisotopic (exact) mass is 212 g/mol. The second-order valence-electron chi connectivity index (χ2n) is 2.39. The molecule has 0 atom stereocenters. The maximum Gasteiger partial charge on any atom is 0.209 e. The van der Waals surface area contributed by atoms with Gasteiger partial charge in [-0.25, -0.2) is 4.68 Å². The summed E-state index contributed by atoms with van der Waals surface area (Å²) in [5.41, 5.74) is 0. The van der Waals surface area contributed by atoms with E-state index in [9.17, 15) is 0 Å². The number of thiophene rings is 1. The van der Waals surface area contributed by atoms with E-state index in [2.05, 4.69) is 21.6 Å². The van der Waals surface area contributed by atoms with Crippen LogP contribution in [0.2, 0.25) is 0 Å². The van der Waals surface area contributed by atoms with Crippen molar-refractivity contribution in [2.45, 2.75) is 10.9 Å². The van der Waals surface area contributed by atoms with Crippen molar-refractivity contribution in [1.82, 2.24) is 14.9 Å². The summed E-state index contributed by atoms with van der Waals surface area (Å²) in [4.78, 5) is 1.31. The summed E-state index contributed by atoms with van der Waals surface area (Å²) in [6.07, 6.45) is 1.50. The van der Waals surface area contributed by atoms with E-state index in [0.717, 1.165) is 10.9 Å². The molecule has 6 heteroatoms. The minimum Gasteiger partial charge on any atom is -0.336 e. The van der Waals surface area contributed by atoms with Gasteiger partial charge in [-0.15, -0.1) is 21.5 Å². The fourth-order valence-electron chi connectivity index (χ4n) is 0.866. The molecule has 0 bridgehead atoms. The Kier molecular flexibility index (Phi) is 2.51. The molecule has 0 aliphatic heterocycles. The van der Waals surface area contributed by atoms with E-state index in [0.29, 0.717) is 0 Å². The molecule has 2 aromatic rings. The number of hydrogen-bond donors (Lipinski definition) is 1. The quantitative estimate of drug-likeness (QED) is 0.616. The molecule has 2 N–H and O–H groups in total. The number of hydrogen-bond acceptors (Lipinski definition) is 5. The summed E-state index contributed by atoms with van der Waals surface area (Å²) in [5.74, 6) is 6.45. The van der Waals surface area contributed by atoms with E-state index >= 15 is 0 Å². The standard InChI is InChI=1S/C7H8N4S2/c8-11-5-9-10-7(11)13-4-6-2-1-3-12-6/h1-3,5H,4,8H2. The lowest BCUT2D eigenvalue weighted by Crippen LogP contribution is -2.07. The Morgan fingerprint density at radius 2 is 2.54 bits per heavy atom. The molecule has 0 radical (unpaired) electrons. The Labute approximate surface area is 83.8 Å². The zero-order valence-corrected chi connectivity index (χ0v) is 8.38. The number of nitrogens with two attached hydrogens (primary N) is 1. The van der Waals surface area contributed by atoms with Crippen LogP contribution in [0.3, 0.4) is 0 Å². The fraction of sp³-hybridized carbons (Fsp3) is 0.143. The van der Waals surface area contributed by atoms with Gasteiger partial charge in [-0.2, -0.15) is 0 Å². The highest BCUT2D eigenvalue weighted by Gasteiger charge is 2.02. The van der Waals surface area contributed by atoms with E-state index in [1.54, 1.807) is 23.1 Å². The molecule has 2 heterocycles. The summed E-state index contributed by atoms with van der Waals surface area (Å²) >= 11 is 3.32. The van der Waals surface area contributed by atoms with Crippen LogP contribution in [0, 0.1) is 0 Å². The number of nitrogens with zero attached hydrogens (tertiary/aromatic N) is 3. The van der Waals surface area contributed by atoms with Crippen LogP contribution in [-0.4, -0.2) is 14.9 Å². The molecular weight excluding hydrogens is 204 g/mol. The van der Waals surface area contributed by atoms with Gasteiger partial charge in [0.2, 0.25) is 5.16 Å². The van der Waals surface area contributed by atoms with Crippen molar-refractivity contribution in [3.8, 4) is 0 Å². The van der Waals surface area contributed by atoms with Crippen LogP contribution < -0.4 is 5.84 Å². The van der Waals surface area contributed by atoms with Crippen molar-refractivity contribution < 1.29 is 0 Å². The predicted octanol–water partition coefficient (Wildman–Crippen LogP) is 1.35. The van der Waals surface area contributed by atoms with Crippen molar-refractivity contribution in [2.24, 2.45) is 0 Å². The number of aromatic nitrogens is 3. The number of rotatable bonds is 3.